The van der Waals surface area contributed by atoms with E-state index in [0.717, 1.165) is 24.3 Å². The molecule has 1 aromatic rings. The van der Waals surface area contributed by atoms with Crippen LogP contribution in [0.5, 0.6) is 0 Å². The maximum absolute atomic E-state index is 13.1. The summed E-state index contributed by atoms with van der Waals surface area (Å²) in [6, 6.07) is 3.67. The highest BCUT2D eigenvalue weighted by atomic mass is 32.2. The Morgan fingerprint density at radius 2 is 2.33 bits per heavy atom. The molecule has 0 aromatic carbocycles. The SMILES string of the molecule is CCCC(=O)NC[C@H]1[C@H]2CN(C(=O)c3cccnc3SC)C[C@]23CC[C@H]1O3. The molecule has 4 heterocycles. The van der Waals surface area contributed by atoms with E-state index in [9.17, 15) is 9.59 Å². The van der Waals surface area contributed by atoms with E-state index in [4.69, 9.17) is 4.74 Å². The van der Waals surface area contributed by atoms with Gasteiger partial charge in [-0.3, -0.25) is 9.59 Å². The lowest BCUT2D eigenvalue weighted by Crippen LogP contribution is -2.41. The van der Waals surface area contributed by atoms with Crippen molar-refractivity contribution in [3.8, 4) is 0 Å². The van der Waals surface area contributed by atoms with Crippen molar-refractivity contribution in [1.29, 1.82) is 0 Å². The molecule has 3 aliphatic rings. The summed E-state index contributed by atoms with van der Waals surface area (Å²) in [4.78, 5) is 31.3. The van der Waals surface area contributed by atoms with Crippen LogP contribution in [-0.2, 0) is 9.53 Å². The molecule has 4 atom stereocenters. The maximum atomic E-state index is 13.1. The lowest BCUT2D eigenvalue weighted by atomic mass is 9.73. The number of likely N-dealkylation sites (tertiary alicyclic amines) is 1. The normalized spacial score (nSPS) is 31.2. The number of nitrogens with zero attached hydrogens (tertiary/aromatic N) is 2. The van der Waals surface area contributed by atoms with Gasteiger partial charge in [0.15, 0.2) is 0 Å². The van der Waals surface area contributed by atoms with Gasteiger partial charge in [-0.25, -0.2) is 4.98 Å². The average Bonchev–Trinajstić information content (AvgIpc) is 3.34. The van der Waals surface area contributed by atoms with E-state index in [1.54, 1.807) is 6.20 Å². The molecule has 0 aliphatic carbocycles. The van der Waals surface area contributed by atoms with Crippen molar-refractivity contribution in [2.24, 2.45) is 11.8 Å². The third-order valence-electron chi connectivity index (χ3n) is 6.28. The van der Waals surface area contributed by atoms with Crippen molar-refractivity contribution < 1.29 is 14.3 Å². The molecule has 0 saturated carbocycles. The Morgan fingerprint density at radius 1 is 1.48 bits per heavy atom. The molecule has 3 aliphatic heterocycles. The van der Waals surface area contributed by atoms with Gasteiger partial charge in [0.1, 0.15) is 5.03 Å². The van der Waals surface area contributed by atoms with Gasteiger partial charge in [0, 0.05) is 37.5 Å². The number of carbonyl (C=O) groups is 2. The van der Waals surface area contributed by atoms with Crippen LogP contribution in [0.25, 0.3) is 0 Å². The standard InChI is InChI=1S/C20H27N3O3S/c1-3-5-17(24)22-10-14-15-11-23(12-20(15)8-7-16(14)26-20)19(25)13-6-4-9-21-18(13)27-2/h4,6,9,14-16H,3,5,7-8,10-12H2,1-2H3,(H,22,24)/t14-,15+,16+,20+/m0/s1. The third kappa shape index (κ3) is 3.25. The summed E-state index contributed by atoms with van der Waals surface area (Å²) in [5.74, 6) is 0.750. The van der Waals surface area contributed by atoms with Crippen molar-refractivity contribution in [1.82, 2.24) is 15.2 Å². The summed E-state index contributed by atoms with van der Waals surface area (Å²) < 4.78 is 6.40. The minimum absolute atomic E-state index is 0.0389. The molecule has 6 nitrogen and oxygen atoms in total. The van der Waals surface area contributed by atoms with Gasteiger partial charge in [0.05, 0.1) is 23.8 Å². The minimum Gasteiger partial charge on any atom is -0.369 e. The zero-order chi connectivity index (χ0) is 19.0. The van der Waals surface area contributed by atoms with Crippen LogP contribution in [0.4, 0.5) is 0 Å². The van der Waals surface area contributed by atoms with E-state index in [1.807, 2.05) is 30.2 Å². The highest BCUT2D eigenvalue weighted by Crippen LogP contribution is 2.54. The Hall–Kier alpha value is -1.60. The Kier molecular flexibility index (Phi) is 5.16. The van der Waals surface area contributed by atoms with Crippen molar-refractivity contribution in [3.63, 3.8) is 0 Å². The van der Waals surface area contributed by atoms with Gasteiger partial charge < -0.3 is 15.0 Å². The number of nitrogens with one attached hydrogen (secondary N) is 1. The number of hydrogen-bond donors (Lipinski definition) is 1. The Labute approximate surface area is 164 Å². The van der Waals surface area contributed by atoms with Gasteiger partial charge in [-0.1, -0.05) is 6.92 Å². The van der Waals surface area contributed by atoms with Crippen molar-refractivity contribution in [2.45, 2.75) is 49.3 Å². The number of aromatic nitrogens is 1. The van der Waals surface area contributed by atoms with Crippen LogP contribution in [-0.4, -0.2) is 59.3 Å². The molecule has 2 bridgehead atoms. The summed E-state index contributed by atoms with van der Waals surface area (Å²) >= 11 is 1.50. The second-order valence-corrected chi connectivity index (χ2v) is 8.63. The fraction of sp³-hybridized carbons (Fsp3) is 0.650. The molecule has 0 unspecified atom stereocenters. The molecule has 4 rings (SSSR count). The first-order valence-electron chi connectivity index (χ1n) is 9.81. The fourth-order valence-corrected chi connectivity index (χ4v) is 5.59. The summed E-state index contributed by atoms with van der Waals surface area (Å²) in [6.07, 6.45) is 7.33. The largest absolute Gasteiger partial charge is 0.369 e. The fourth-order valence-electron chi connectivity index (χ4n) is 5.05. The number of fused-ring (bicyclic) bond motifs is 1. The first-order valence-corrected chi connectivity index (χ1v) is 11.0. The number of thioether (sulfide) groups is 1. The predicted molar refractivity (Wildman–Crippen MR) is 104 cm³/mol. The van der Waals surface area contributed by atoms with Crippen molar-refractivity contribution in [2.75, 3.05) is 25.9 Å². The van der Waals surface area contributed by atoms with Gasteiger partial charge in [0.25, 0.3) is 5.91 Å². The van der Waals surface area contributed by atoms with Gasteiger partial charge in [-0.2, -0.15) is 0 Å². The Balaban J connectivity index is 1.48. The molecule has 1 spiro atoms. The Bertz CT molecular complexity index is 743. The predicted octanol–water partition coefficient (Wildman–Crippen LogP) is 2.34. The number of carbonyl (C=O) groups excluding carboxylic acids is 2. The van der Waals surface area contributed by atoms with Gasteiger partial charge in [-0.05, 0) is 37.7 Å². The molecule has 2 amide bonds. The Morgan fingerprint density at radius 3 is 3.11 bits per heavy atom. The van der Waals surface area contributed by atoms with Crippen LogP contribution in [0.15, 0.2) is 23.4 Å². The lowest BCUT2D eigenvalue weighted by molar-refractivity contribution is -0.121. The van der Waals surface area contributed by atoms with Crippen LogP contribution < -0.4 is 5.32 Å². The number of amides is 2. The third-order valence-corrected chi connectivity index (χ3v) is 6.99. The van der Waals surface area contributed by atoms with E-state index >= 15 is 0 Å². The molecule has 1 aromatic heterocycles. The second kappa shape index (κ2) is 7.43. The van der Waals surface area contributed by atoms with E-state index in [2.05, 4.69) is 10.3 Å². The molecule has 1 N–H and O–H groups in total. The van der Waals surface area contributed by atoms with Gasteiger partial charge >= 0.3 is 0 Å². The molecule has 3 saturated heterocycles. The molecular weight excluding hydrogens is 362 g/mol. The van der Waals surface area contributed by atoms with Crippen LogP contribution in [0.1, 0.15) is 43.0 Å². The molecule has 146 valence electrons. The summed E-state index contributed by atoms with van der Waals surface area (Å²) in [7, 11) is 0. The molecule has 7 heteroatoms. The van der Waals surface area contributed by atoms with E-state index in [1.165, 1.54) is 11.8 Å². The topological polar surface area (TPSA) is 71.5 Å². The highest BCUT2D eigenvalue weighted by Gasteiger charge is 2.63. The number of rotatable bonds is 6. The summed E-state index contributed by atoms with van der Waals surface area (Å²) in [6.45, 7) is 4.01. The zero-order valence-corrected chi connectivity index (χ0v) is 16.8. The first-order chi connectivity index (χ1) is 13.1. The second-order valence-electron chi connectivity index (χ2n) is 7.83. The summed E-state index contributed by atoms with van der Waals surface area (Å²) in [5.41, 5.74) is 0.450. The number of ether oxygens (including phenoxy) is 1. The quantitative estimate of drug-likeness (QED) is 0.756. The molecule has 27 heavy (non-hydrogen) atoms. The first kappa shape index (κ1) is 18.7. The van der Waals surface area contributed by atoms with E-state index < -0.39 is 0 Å². The van der Waals surface area contributed by atoms with E-state index in [0.29, 0.717) is 43.5 Å². The van der Waals surface area contributed by atoms with Crippen molar-refractivity contribution in [3.05, 3.63) is 23.9 Å². The number of hydrogen-bond acceptors (Lipinski definition) is 5. The minimum atomic E-state index is -0.220. The van der Waals surface area contributed by atoms with Crippen molar-refractivity contribution >= 4 is 23.6 Å². The van der Waals surface area contributed by atoms with Crippen LogP contribution in [0, 0.1) is 11.8 Å². The number of pyridine rings is 1. The molecular formula is C20H27N3O3S. The smallest absolute Gasteiger partial charge is 0.256 e. The van der Waals surface area contributed by atoms with Gasteiger partial charge in [-0.15, -0.1) is 11.8 Å². The van der Waals surface area contributed by atoms with E-state index in [-0.39, 0.29) is 23.5 Å². The van der Waals surface area contributed by atoms with Crippen LogP contribution in [0.2, 0.25) is 0 Å². The summed E-state index contributed by atoms with van der Waals surface area (Å²) in [5, 5.41) is 3.85. The highest BCUT2D eigenvalue weighted by molar-refractivity contribution is 7.98. The molecule has 0 radical (unpaired) electrons. The lowest BCUT2D eigenvalue weighted by Gasteiger charge is -2.29. The van der Waals surface area contributed by atoms with Crippen LogP contribution in [0.3, 0.4) is 0 Å². The molecule has 3 fully saturated rings. The monoisotopic (exact) mass is 389 g/mol. The zero-order valence-electron chi connectivity index (χ0n) is 15.9. The average molecular weight is 390 g/mol. The van der Waals surface area contributed by atoms with Crippen LogP contribution >= 0.6 is 11.8 Å². The van der Waals surface area contributed by atoms with Gasteiger partial charge in [0.2, 0.25) is 5.91 Å². The maximum Gasteiger partial charge on any atom is 0.256 e.